The van der Waals surface area contributed by atoms with Gasteiger partial charge in [0.1, 0.15) is 6.33 Å². The Bertz CT molecular complexity index is 689. The molecule has 2 aromatic rings. The number of nitrogens with one attached hydrogen (secondary N) is 2. The van der Waals surface area contributed by atoms with Crippen molar-refractivity contribution in [2.75, 3.05) is 26.1 Å². The number of anilines is 1. The zero-order valence-electron chi connectivity index (χ0n) is 14.9. The van der Waals surface area contributed by atoms with E-state index < -0.39 is 0 Å². The molecule has 1 heterocycles. The van der Waals surface area contributed by atoms with Gasteiger partial charge in [-0.05, 0) is 26.0 Å². The van der Waals surface area contributed by atoms with Crippen molar-refractivity contribution >= 4 is 35.6 Å². The van der Waals surface area contributed by atoms with Gasteiger partial charge in [0.05, 0.1) is 20.3 Å². The number of rotatable bonds is 7. The van der Waals surface area contributed by atoms with E-state index in [1.54, 1.807) is 20.5 Å². The number of ether oxygens (including phenoxy) is 2. The molecular formula is C16H25IN6O2. The summed E-state index contributed by atoms with van der Waals surface area (Å²) in [6.45, 7) is 5.91. The lowest BCUT2D eigenvalue weighted by molar-refractivity contribution is 0.311. The number of aliphatic imine (C=N–C) groups is 1. The average molecular weight is 460 g/mol. The molecule has 0 amide bonds. The number of aromatic nitrogens is 3. The van der Waals surface area contributed by atoms with Gasteiger partial charge in [-0.2, -0.15) is 0 Å². The lowest BCUT2D eigenvalue weighted by Gasteiger charge is -2.14. The molecule has 25 heavy (non-hydrogen) atoms. The molecule has 138 valence electrons. The molecule has 0 aliphatic heterocycles. The summed E-state index contributed by atoms with van der Waals surface area (Å²) in [4.78, 5) is 4.22. The summed E-state index contributed by atoms with van der Waals surface area (Å²) < 4.78 is 12.8. The first-order valence-corrected chi connectivity index (χ1v) is 7.87. The maximum Gasteiger partial charge on any atom is 0.195 e. The van der Waals surface area contributed by atoms with E-state index in [0.717, 1.165) is 18.1 Å². The van der Waals surface area contributed by atoms with Crippen LogP contribution in [0.25, 0.3) is 0 Å². The second-order valence-electron chi connectivity index (χ2n) is 4.88. The summed E-state index contributed by atoms with van der Waals surface area (Å²) in [6, 6.07) is 5.64. The van der Waals surface area contributed by atoms with Crippen LogP contribution in [0, 0.1) is 0 Å². The van der Waals surface area contributed by atoms with Gasteiger partial charge >= 0.3 is 0 Å². The van der Waals surface area contributed by atoms with E-state index in [9.17, 15) is 0 Å². The van der Waals surface area contributed by atoms with Crippen LogP contribution in [-0.4, -0.2) is 41.5 Å². The number of hydrogen-bond donors (Lipinski definition) is 2. The first-order valence-electron chi connectivity index (χ1n) is 7.87. The number of hydrogen-bond acceptors (Lipinski definition) is 5. The van der Waals surface area contributed by atoms with E-state index in [-0.39, 0.29) is 24.0 Å². The predicted molar refractivity (Wildman–Crippen MR) is 109 cm³/mol. The predicted octanol–water partition coefficient (Wildman–Crippen LogP) is 2.51. The number of methoxy groups -OCH3 is 1. The van der Waals surface area contributed by atoms with Gasteiger partial charge in [-0.25, -0.2) is 0 Å². The van der Waals surface area contributed by atoms with Crippen LogP contribution in [0.4, 0.5) is 5.69 Å². The number of benzene rings is 1. The quantitative estimate of drug-likeness (QED) is 0.375. The normalized spacial score (nSPS) is 10.8. The van der Waals surface area contributed by atoms with Crippen LogP contribution < -0.4 is 20.1 Å². The fourth-order valence-corrected chi connectivity index (χ4v) is 2.18. The summed E-state index contributed by atoms with van der Waals surface area (Å²) in [5, 5.41) is 14.4. The van der Waals surface area contributed by atoms with Crippen molar-refractivity contribution < 1.29 is 9.47 Å². The Hall–Kier alpha value is -2.04. The van der Waals surface area contributed by atoms with Gasteiger partial charge in [-0.15, -0.1) is 34.2 Å². The van der Waals surface area contributed by atoms with Gasteiger partial charge in [0.25, 0.3) is 0 Å². The molecule has 0 saturated carbocycles. The minimum atomic E-state index is 0. The van der Waals surface area contributed by atoms with Crippen LogP contribution in [0.3, 0.4) is 0 Å². The molecule has 2 N–H and O–H groups in total. The van der Waals surface area contributed by atoms with Crippen molar-refractivity contribution in [2.24, 2.45) is 4.99 Å². The molecule has 0 unspecified atom stereocenters. The van der Waals surface area contributed by atoms with Gasteiger partial charge in [0, 0.05) is 25.3 Å². The fourth-order valence-electron chi connectivity index (χ4n) is 2.18. The van der Waals surface area contributed by atoms with Crippen LogP contribution >= 0.6 is 24.0 Å². The zero-order valence-corrected chi connectivity index (χ0v) is 17.3. The number of halogens is 1. The van der Waals surface area contributed by atoms with Gasteiger partial charge in [0.2, 0.25) is 0 Å². The second-order valence-corrected chi connectivity index (χ2v) is 4.88. The summed E-state index contributed by atoms with van der Waals surface area (Å²) in [6.07, 6.45) is 1.71. The molecule has 2 rings (SSSR count). The van der Waals surface area contributed by atoms with Crippen LogP contribution in [-0.2, 0) is 13.1 Å². The summed E-state index contributed by atoms with van der Waals surface area (Å²) in [5.74, 6) is 2.87. The molecule has 0 radical (unpaired) electrons. The van der Waals surface area contributed by atoms with Crippen LogP contribution in [0.1, 0.15) is 19.7 Å². The number of guanidine groups is 1. The van der Waals surface area contributed by atoms with Crippen molar-refractivity contribution in [2.45, 2.75) is 26.9 Å². The van der Waals surface area contributed by atoms with Crippen LogP contribution in [0.2, 0.25) is 0 Å². The third-order valence-corrected chi connectivity index (χ3v) is 3.40. The molecule has 1 aromatic heterocycles. The highest BCUT2D eigenvalue weighted by atomic mass is 127. The molecular weight excluding hydrogens is 435 g/mol. The van der Waals surface area contributed by atoms with Gasteiger partial charge in [0.15, 0.2) is 23.3 Å². The van der Waals surface area contributed by atoms with E-state index >= 15 is 0 Å². The Morgan fingerprint density at radius 2 is 2.08 bits per heavy atom. The van der Waals surface area contributed by atoms with Crippen molar-refractivity contribution in [3.63, 3.8) is 0 Å². The lowest BCUT2D eigenvalue weighted by Crippen LogP contribution is -2.31. The minimum absolute atomic E-state index is 0. The summed E-state index contributed by atoms with van der Waals surface area (Å²) >= 11 is 0. The van der Waals surface area contributed by atoms with E-state index in [2.05, 4.69) is 25.8 Å². The summed E-state index contributed by atoms with van der Waals surface area (Å²) in [7, 11) is 3.34. The molecule has 8 nitrogen and oxygen atoms in total. The van der Waals surface area contributed by atoms with E-state index in [1.807, 2.05) is 36.6 Å². The SMILES string of the molecule is CCOc1cc(NC(=NC)NCc2nncn2CC)ccc1OC.I. The zero-order chi connectivity index (χ0) is 17.4. The molecule has 0 aliphatic rings. The maximum absolute atomic E-state index is 5.59. The highest BCUT2D eigenvalue weighted by Crippen LogP contribution is 2.30. The van der Waals surface area contributed by atoms with Gasteiger partial charge in [-0.1, -0.05) is 0 Å². The third kappa shape index (κ3) is 5.76. The molecule has 0 fully saturated rings. The topological polar surface area (TPSA) is 85.6 Å². The molecule has 0 atom stereocenters. The monoisotopic (exact) mass is 460 g/mol. The Labute approximate surface area is 165 Å². The molecule has 0 bridgehead atoms. The smallest absolute Gasteiger partial charge is 0.195 e. The Morgan fingerprint density at radius 3 is 2.72 bits per heavy atom. The van der Waals surface area contributed by atoms with Crippen molar-refractivity contribution in [3.8, 4) is 11.5 Å². The number of aryl methyl sites for hydroxylation is 1. The Morgan fingerprint density at radius 1 is 1.28 bits per heavy atom. The van der Waals surface area contributed by atoms with Crippen molar-refractivity contribution in [3.05, 3.63) is 30.4 Å². The molecule has 1 aromatic carbocycles. The second kappa shape index (κ2) is 10.7. The lowest BCUT2D eigenvalue weighted by atomic mass is 10.2. The van der Waals surface area contributed by atoms with Crippen LogP contribution in [0.15, 0.2) is 29.5 Å². The maximum atomic E-state index is 5.59. The first kappa shape index (κ1) is 21.0. The Balaban J connectivity index is 0.00000312. The van der Waals surface area contributed by atoms with Gasteiger partial charge < -0.3 is 24.7 Å². The number of nitrogens with zero attached hydrogens (tertiary/aromatic N) is 4. The molecule has 9 heteroatoms. The minimum Gasteiger partial charge on any atom is -0.493 e. The van der Waals surface area contributed by atoms with E-state index in [1.165, 1.54) is 0 Å². The molecule has 0 aliphatic carbocycles. The largest absolute Gasteiger partial charge is 0.493 e. The summed E-state index contributed by atoms with van der Waals surface area (Å²) in [5.41, 5.74) is 0.851. The highest BCUT2D eigenvalue weighted by Gasteiger charge is 2.08. The fraction of sp³-hybridized carbons (Fsp3) is 0.438. The van der Waals surface area contributed by atoms with Crippen molar-refractivity contribution in [1.82, 2.24) is 20.1 Å². The molecule has 0 saturated heterocycles. The van der Waals surface area contributed by atoms with E-state index in [4.69, 9.17) is 9.47 Å². The van der Waals surface area contributed by atoms with E-state index in [0.29, 0.717) is 30.6 Å². The van der Waals surface area contributed by atoms with Gasteiger partial charge in [-0.3, -0.25) is 4.99 Å². The highest BCUT2D eigenvalue weighted by molar-refractivity contribution is 14.0. The Kier molecular flexibility index (Phi) is 9.03. The third-order valence-electron chi connectivity index (χ3n) is 3.40. The van der Waals surface area contributed by atoms with Crippen LogP contribution in [0.5, 0.6) is 11.5 Å². The molecule has 0 spiro atoms. The standard InChI is InChI=1S/C16H24N6O2.HI/c1-5-22-11-19-21-15(22)10-18-16(17-3)20-12-7-8-13(23-4)14(9-12)24-6-2;/h7-9,11H,5-6,10H2,1-4H3,(H2,17,18,20);1H. The first-order chi connectivity index (χ1) is 11.7. The van der Waals surface area contributed by atoms with Crippen molar-refractivity contribution in [1.29, 1.82) is 0 Å². The average Bonchev–Trinajstić information content (AvgIpc) is 3.06.